The highest BCUT2D eigenvalue weighted by Gasteiger charge is 2.18. The zero-order valence-corrected chi connectivity index (χ0v) is 8.37. The summed E-state index contributed by atoms with van der Waals surface area (Å²) < 4.78 is 29.8. The molecule has 0 saturated carbocycles. The average molecular weight is 223 g/mol. The van der Waals surface area contributed by atoms with Crippen molar-refractivity contribution in [1.82, 2.24) is 4.98 Å². The van der Waals surface area contributed by atoms with Gasteiger partial charge in [0.2, 0.25) is 5.88 Å². The van der Waals surface area contributed by atoms with Crippen molar-refractivity contribution in [3.63, 3.8) is 0 Å². The molecule has 1 aromatic heterocycles. The lowest BCUT2D eigenvalue weighted by Crippen LogP contribution is -2.02. The number of alkyl halides is 2. The summed E-state index contributed by atoms with van der Waals surface area (Å²) in [5.74, 6) is -0.284. The maximum atomic E-state index is 12.6. The van der Waals surface area contributed by atoms with Crippen LogP contribution in [0.3, 0.4) is 0 Å². The SMILES string of the molecule is COc1nc(C#N)c(CC#N)cc1C(F)F. The van der Waals surface area contributed by atoms with Crippen LogP contribution in [0, 0.1) is 22.7 Å². The van der Waals surface area contributed by atoms with Crippen molar-refractivity contribution in [2.24, 2.45) is 0 Å². The maximum absolute atomic E-state index is 12.6. The molecular formula is C10H7F2N3O. The van der Waals surface area contributed by atoms with Gasteiger partial charge < -0.3 is 4.74 Å². The van der Waals surface area contributed by atoms with Crippen LogP contribution in [-0.4, -0.2) is 12.1 Å². The Hall–Kier alpha value is -2.21. The minimum atomic E-state index is -2.76. The van der Waals surface area contributed by atoms with E-state index < -0.39 is 12.0 Å². The fourth-order valence-electron chi connectivity index (χ4n) is 1.19. The van der Waals surface area contributed by atoms with Crippen LogP contribution in [0.15, 0.2) is 6.07 Å². The molecular weight excluding hydrogens is 216 g/mol. The summed E-state index contributed by atoms with van der Waals surface area (Å²) in [6, 6.07) is 4.60. The Morgan fingerprint density at radius 2 is 2.19 bits per heavy atom. The Morgan fingerprint density at radius 1 is 1.50 bits per heavy atom. The van der Waals surface area contributed by atoms with Gasteiger partial charge >= 0.3 is 0 Å². The molecule has 4 nitrogen and oxygen atoms in total. The Labute approximate surface area is 90.7 Å². The number of nitrogens with zero attached hydrogens (tertiary/aromatic N) is 3. The van der Waals surface area contributed by atoms with E-state index in [-0.39, 0.29) is 23.6 Å². The van der Waals surface area contributed by atoms with Gasteiger partial charge in [-0.15, -0.1) is 0 Å². The zero-order chi connectivity index (χ0) is 12.1. The van der Waals surface area contributed by atoms with Crippen LogP contribution < -0.4 is 4.74 Å². The molecule has 82 valence electrons. The highest BCUT2D eigenvalue weighted by molar-refractivity contribution is 5.41. The molecule has 16 heavy (non-hydrogen) atoms. The number of pyridine rings is 1. The minimum absolute atomic E-state index is 0.0669. The van der Waals surface area contributed by atoms with E-state index in [1.54, 1.807) is 12.1 Å². The fraction of sp³-hybridized carbons (Fsp3) is 0.300. The first-order valence-electron chi connectivity index (χ1n) is 4.27. The van der Waals surface area contributed by atoms with Gasteiger partial charge in [-0.25, -0.2) is 13.8 Å². The van der Waals surface area contributed by atoms with E-state index in [4.69, 9.17) is 10.5 Å². The molecule has 0 aliphatic heterocycles. The average Bonchev–Trinajstić information content (AvgIpc) is 2.28. The van der Waals surface area contributed by atoms with Crippen molar-refractivity contribution in [3.05, 3.63) is 22.9 Å². The van der Waals surface area contributed by atoms with E-state index in [1.165, 1.54) is 7.11 Å². The lowest BCUT2D eigenvalue weighted by atomic mass is 10.1. The van der Waals surface area contributed by atoms with E-state index in [1.807, 2.05) is 0 Å². The van der Waals surface area contributed by atoms with Crippen LogP contribution in [0.1, 0.15) is 23.2 Å². The molecule has 1 heterocycles. The standard InChI is InChI=1S/C10H7F2N3O/c1-16-10-7(9(11)12)4-6(2-3-13)8(5-14)15-10/h4,9H,2H2,1H3. The molecule has 0 saturated heterocycles. The molecule has 0 bridgehead atoms. The molecule has 0 radical (unpaired) electrons. The number of aromatic nitrogens is 1. The van der Waals surface area contributed by atoms with Gasteiger partial charge in [0.05, 0.1) is 25.2 Å². The molecule has 1 rings (SSSR count). The molecule has 0 N–H and O–H groups in total. The van der Waals surface area contributed by atoms with Gasteiger partial charge in [0.15, 0.2) is 0 Å². The van der Waals surface area contributed by atoms with Crippen molar-refractivity contribution < 1.29 is 13.5 Å². The van der Waals surface area contributed by atoms with Crippen molar-refractivity contribution in [2.45, 2.75) is 12.8 Å². The van der Waals surface area contributed by atoms with E-state index >= 15 is 0 Å². The van der Waals surface area contributed by atoms with Crippen molar-refractivity contribution >= 4 is 0 Å². The zero-order valence-electron chi connectivity index (χ0n) is 8.37. The Kier molecular flexibility index (Phi) is 3.73. The second-order valence-electron chi connectivity index (χ2n) is 2.84. The molecule has 0 unspecified atom stereocenters. The first-order chi connectivity index (χ1) is 7.63. The van der Waals surface area contributed by atoms with Crippen LogP contribution in [0.4, 0.5) is 8.78 Å². The maximum Gasteiger partial charge on any atom is 0.269 e. The van der Waals surface area contributed by atoms with E-state index in [0.717, 1.165) is 6.07 Å². The summed E-state index contributed by atoms with van der Waals surface area (Å²) in [4.78, 5) is 3.64. The number of methoxy groups -OCH3 is 1. The lowest BCUT2D eigenvalue weighted by molar-refractivity contribution is 0.146. The van der Waals surface area contributed by atoms with Gasteiger partial charge in [0, 0.05) is 5.56 Å². The van der Waals surface area contributed by atoms with Gasteiger partial charge in [-0.1, -0.05) is 0 Å². The van der Waals surface area contributed by atoms with E-state index in [9.17, 15) is 8.78 Å². The van der Waals surface area contributed by atoms with Gasteiger partial charge in [-0.2, -0.15) is 10.5 Å². The van der Waals surface area contributed by atoms with E-state index in [2.05, 4.69) is 9.72 Å². The number of nitriles is 2. The highest BCUT2D eigenvalue weighted by Crippen LogP contribution is 2.29. The van der Waals surface area contributed by atoms with Crippen LogP contribution in [-0.2, 0) is 6.42 Å². The van der Waals surface area contributed by atoms with Crippen LogP contribution in [0.2, 0.25) is 0 Å². The van der Waals surface area contributed by atoms with Crippen molar-refractivity contribution in [3.8, 4) is 18.0 Å². The molecule has 1 aromatic rings. The van der Waals surface area contributed by atoms with E-state index in [0.29, 0.717) is 0 Å². The topological polar surface area (TPSA) is 69.7 Å². The number of rotatable bonds is 3. The van der Waals surface area contributed by atoms with Gasteiger partial charge in [-0.05, 0) is 6.07 Å². The first kappa shape index (κ1) is 11.9. The third-order valence-corrected chi connectivity index (χ3v) is 1.90. The molecule has 0 aliphatic rings. The Bertz CT molecular complexity index is 474. The number of halogens is 2. The lowest BCUT2D eigenvalue weighted by Gasteiger charge is -2.08. The number of hydrogen-bond acceptors (Lipinski definition) is 4. The molecule has 0 aliphatic carbocycles. The van der Waals surface area contributed by atoms with Crippen LogP contribution in [0.5, 0.6) is 5.88 Å². The summed E-state index contributed by atoms with van der Waals surface area (Å²) >= 11 is 0. The summed E-state index contributed by atoms with van der Waals surface area (Å²) in [6.45, 7) is 0. The third-order valence-electron chi connectivity index (χ3n) is 1.90. The normalized spacial score (nSPS) is 9.62. The molecule has 0 fully saturated rings. The molecule has 0 spiro atoms. The molecule has 0 atom stereocenters. The van der Waals surface area contributed by atoms with Crippen LogP contribution >= 0.6 is 0 Å². The summed E-state index contributed by atoms with van der Waals surface area (Å²) in [5, 5.41) is 17.2. The largest absolute Gasteiger partial charge is 0.481 e. The Balaban J connectivity index is 3.37. The fourth-order valence-corrected chi connectivity index (χ4v) is 1.19. The van der Waals surface area contributed by atoms with Crippen LogP contribution in [0.25, 0.3) is 0 Å². The number of hydrogen-bond donors (Lipinski definition) is 0. The smallest absolute Gasteiger partial charge is 0.269 e. The summed E-state index contributed by atoms with van der Waals surface area (Å²) in [5.41, 5.74) is -0.296. The molecule has 6 heteroatoms. The van der Waals surface area contributed by atoms with Crippen molar-refractivity contribution in [1.29, 1.82) is 10.5 Å². The highest BCUT2D eigenvalue weighted by atomic mass is 19.3. The summed E-state index contributed by atoms with van der Waals surface area (Å²) in [7, 11) is 1.19. The predicted octanol–water partition coefficient (Wildman–Crippen LogP) is 1.97. The Morgan fingerprint density at radius 3 is 2.62 bits per heavy atom. The third kappa shape index (κ3) is 2.23. The molecule has 0 aromatic carbocycles. The number of ether oxygens (including phenoxy) is 1. The monoisotopic (exact) mass is 223 g/mol. The first-order valence-corrected chi connectivity index (χ1v) is 4.27. The van der Waals surface area contributed by atoms with Gasteiger partial charge in [0.1, 0.15) is 11.8 Å². The molecule has 0 amide bonds. The van der Waals surface area contributed by atoms with Gasteiger partial charge in [0.25, 0.3) is 6.43 Å². The van der Waals surface area contributed by atoms with Gasteiger partial charge in [-0.3, -0.25) is 0 Å². The minimum Gasteiger partial charge on any atom is -0.481 e. The predicted molar refractivity (Wildman–Crippen MR) is 49.8 cm³/mol. The second kappa shape index (κ2) is 5.04. The van der Waals surface area contributed by atoms with Crippen molar-refractivity contribution in [2.75, 3.05) is 7.11 Å². The summed E-state index contributed by atoms with van der Waals surface area (Å²) in [6.07, 6.45) is -2.90. The second-order valence-corrected chi connectivity index (χ2v) is 2.84. The quantitative estimate of drug-likeness (QED) is 0.785.